The summed E-state index contributed by atoms with van der Waals surface area (Å²) in [7, 11) is 0. The number of amides is 1. The van der Waals surface area contributed by atoms with Gasteiger partial charge < -0.3 is 5.32 Å². The summed E-state index contributed by atoms with van der Waals surface area (Å²) in [6.45, 7) is 1.85. The normalized spacial score (nSPS) is 12.9. The number of aromatic nitrogens is 3. The molecule has 2 heterocycles. The second-order valence-electron chi connectivity index (χ2n) is 6.26. The zero-order valence-corrected chi connectivity index (χ0v) is 14.1. The van der Waals surface area contributed by atoms with Crippen molar-refractivity contribution in [2.45, 2.75) is 26.2 Å². The SMILES string of the molecule is Cc1cccnc1NC(=O)c1nn(-c2ccc(F)c(F)c2)c2c1CCC2. The first-order valence-electron chi connectivity index (χ1n) is 8.34. The molecule has 0 saturated carbocycles. The van der Waals surface area contributed by atoms with E-state index in [-0.39, 0.29) is 5.91 Å². The molecule has 0 aliphatic heterocycles. The Hall–Kier alpha value is -3.09. The molecule has 2 aromatic heterocycles. The summed E-state index contributed by atoms with van der Waals surface area (Å²) in [6.07, 6.45) is 3.95. The topological polar surface area (TPSA) is 59.8 Å². The summed E-state index contributed by atoms with van der Waals surface area (Å²) in [6, 6.07) is 7.25. The van der Waals surface area contributed by atoms with Crippen molar-refractivity contribution in [1.29, 1.82) is 0 Å². The lowest BCUT2D eigenvalue weighted by molar-refractivity contribution is 0.102. The van der Waals surface area contributed by atoms with Gasteiger partial charge in [-0.05, 0) is 49.9 Å². The first-order valence-corrected chi connectivity index (χ1v) is 8.34. The number of carbonyl (C=O) groups is 1. The van der Waals surface area contributed by atoms with E-state index in [1.807, 2.05) is 13.0 Å². The third-order valence-electron chi connectivity index (χ3n) is 4.53. The highest BCUT2D eigenvalue weighted by molar-refractivity contribution is 6.04. The van der Waals surface area contributed by atoms with Gasteiger partial charge in [-0.2, -0.15) is 5.10 Å². The number of carbonyl (C=O) groups excluding carboxylic acids is 1. The van der Waals surface area contributed by atoms with Gasteiger partial charge in [-0.25, -0.2) is 18.4 Å². The van der Waals surface area contributed by atoms with E-state index in [0.29, 0.717) is 17.2 Å². The van der Waals surface area contributed by atoms with Crippen LogP contribution >= 0.6 is 0 Å². The van der Waals surface area contributed by atoms with Crippen LogP contribution in [0.1, 0.15) is 33.7 Å². The number of aryl methyl sites for hydroxylation is 1. The van der Waals surface area contributed by atoms with Gasteiger partial charge in [-0.1, -0.05) is 6.07 Å². The summed E-state index contributed by atoms with van der Waals surface area (Å²) in [5.41, 5.74) is 3.25. The largest absolute Gasteiger partial charge is 0.305 e. The molecule has 26 heavy (non-hydrogen) atoms. The van der Waals surface area contributed by atoms with E-state index >= 15 is 0 Å². The Morgan fingerprint density at radius 1 is 1.19 bits per heavy atom. The highest BCUT2D eigenvalue weighted by atomic mass is 19.2. The van der Waals surface area contributed by atoms with Gasteiger partial charge in [0.2, 0.25) is 0 Å². The molecule has 7 heteroatoms. The first-order chi connectivity index (χ1) is 12.5. The van der Waals surface area contributed by atoms with Crippen LogP contribution in [0.3, 0.4) is 0 Å². The van der Waals surface area contributed by atoms with Gasteiger partial charge in [0, 0.05) is 23.5 Å². The molecule has 0 saturated heterocycles. The van der Waals surface area contributed by atoms with Gasteiger partial charge in [0.15, 0.2) is 17.3 Å². The smallest absolute Gasteiger partial charge is 0.277 e. The number of rotatable bonds is 3. The average Bonchev–Trinajstić information content (AvgIpc) is 3.22. The second-order valence-corrected chi connectivity index (χ2v) is 6.26. The van der Waals surface area contributed by atoms with E-state index in [2.05, 4.69) is 15.4 Å². The van der Waals surface area contributed by atoms with Gasteiger partial charge in [-0.15, -0.1) is 0 Å². The Balaban J connectivity index is 1.73. The highest BCUT2D eigenvalue weighted by Crippen LogP contribution is 2.29. The quantitative estimate of drug-likeness (QED) is 0.782. The van der Waals surface area contributed by atoms with Gasteiger partial charge in [0.05, 0.1) is 5.69 Å². The van der Waals surface area contributed by atoms with Crippen molar-refractivity contribution in [3.63, 3.8) is 0 Å². The van der Waals surface area contributed by atoms with Crippen molar-refractivity contribution in [3.05, 3.63) is 70.7 Å². The molecule has 0 atom stereocenters. The van der Waals surface area contributed by atoms with Crippen LogP contribution in [0.25, 0.3) is 5.69 Å². The van der Waals surface area contributed by atoms with Crippen molar-refractivity contribution in [2.75, 3.05) is 5.32 Å². The fourth-order valence-corrected chi connectivity index (χ4v) is 3.23. The molecule has 0 spiro atoms. The van der Waals surface area contributed by atoms with Crippen molar-refractivity contribution in [3.8, 4) is 5.69 Å². The summed E-state index contributed by atoms with van der Waals surface area (Å²) >= 11 is 0. The lowest BCUT2D eigenvalue weighted by Gasteiger charge is -2.07. The predicted molar refractivity (Wildman–Crippen MR) is 92.4 cm³/mol. The van der Waals surface area contributed by atoms with Crippen molar-refractivity contribution >= 4 is 11.7 Å². The summed E-state index contributed by atoms with van der Waals surface area (Å²) in [5, 5.41) is 7.17. The zero-order chi connectivity index (χ0) is 18.3. The molecular formula is C19H16F2N4O. The second kappa shape index (κ2) is 6.33. The molecule has 1 N–H and O–H groups in total. The number of pyridine rings is 1. The maximum Gasteiger partial charge on any atom is 0.277 e. The van der Waals surface area contributed by atoms with Gasteiger partial charge in [-0.3, -0.25) is 4.79 Å². The third kappa shape index (κ3) is 2.75. The van der Waals surface area contributed by atoms with Gasteiger partial charge >= 0.3 is 0 Å². The van der Waals surface area contributed by atoms with E-state index in [4.69, 9.17) is 0 Å². The Bertz CT molecular complexity index is 1010. The minimum atomic E-state index is -0.945. The number of hydrogen-bond acceptors (Lipinski definition) is 3. The number of hydrogen-bond donors (Lipinski definition) is 1. The molecule has 1 aliphatic rings. The van der Waals surface area contributed by atoms with Crippen LogP contribution in [0.15, 0.2) is 36.5 Å². The molecule has 132 valence electrons. The molecule has 3 aromatic rings. The number of anilines is 1. The maximum atomic E-state index is 13.6. The molecule has 1 aromatic carbocycles. The van der Waals surface area contributed by atoms with Crippen LogP contribution in [-0.4, -0.2) is 20.7 Å². The molecule has 0 unspecified atom stereocenters. The van der Waals surface area contributed by atoms with Gasteiger partial charge in [0.25, 0.3) is 5.91 Å². The number of nitrogens with one attached hydrogen (secondary N) is 1. The molecule has 1 amide bonds. The van der Waals surface area contributed by atoms with E-state index in [9.17, 15) is 13.6 Å². The number of nitrogens with zero attached hydrogens (tertiary/aromatic N) is 3. The fourth-order valence-electron chi connectivity index (χ4n) is 3.23. The first kappa shape index (κ1) is 16.4. The van der Waals surface area contributed by atoms with Gasteiger partial charge in [0.1, 0.15) is 5.82 Å². The summed E-state index contributed by atoms with van der Waals surface area (Å²) in [5.74, 6) is -1.74. The summed E-state index contributed by atoms with van der Waals surface area (Å²) < 4.78 is 28.4. The number of halogens is 2. The monoisotopic (exact) mass is 354 g/mol. The van der Waals surface area contributed by atoms with Crippen molar-refractivity contribution in [1.82, 2.24) is 14.8 Å². The Morgan fingerprint density at radius 2 is 2.04 bits per heavy atom. The maximum absolute atomic E-state index is 13.6. The molecule has 0 bridgehead atoms. The molecule has 5 nitrogen and oxygen atoms in total. The van der Waals surface area contributed by atoms with Crippen LogP contribution in [0, 0.1) is 18.6 Å². The van der Waals surface area contributed by atoms with Crippen LogP contribution in [0.2, 0.25) is 0 Å². The van der Waals surface area contributed by atoms with Crippen LogP contribution in [0.5, 0.6) is 0 Å². The average molecular weight is 354 g/mol. The molecule has 1 aliphatic carbocycles. The predicted octanol–water partition coefficient (Wildman–Crippen LogP) is 3.59. The van der Waals surface area contributed by atoms with Crippen LogP contribution in [0.4, 0.5) is 14.6 Å². The van der Waals surface area contributed by atoms with Crippen LogP contribution in [-0.2, 0) is 12.8 Å². The Morgan fingerprint density at radius 3 is 2.81 bits per heavy atom. The fraction of sp³-hybridized carbons (Fsp3) is 0.211. The number of benzene rings is 1. The van der Waals surface area contributed by atoms with E-state index in [1.165, 1.54) is 10.7 Å². The van der Waals surface area contributed by atoms with E-state index < -0.39 is 11.6 Å². The summed E-state index contributed by atoms with van der Waals surface area (Å²) in [4.78, 5) is 16.9. The lowest BCUT2D eigenvalue weighted by atomic mass is 10.2. The molecule has 0 radical (unpaired) electrons. The molecule has 0 fully saturated rings. The van der Waals surface area contributed by atoms with Crippen LogP contribution < -0.4 is 5.32 Å². The highest BCUT2D eigenvalue weighted by Gasteiger charge is 2.27. The van der Waals surface area contributed by atoms with Crippen molar-refractivity contribution in [2.24, 2.45) is 0 Å². The number of fused-ring (bicyclic) bond motifs is 1. The minimum Gasteiger partial charge on any atom is -0.305 e. The van der Waals surface area contributed by atoms with E-state index in [1.54, 1.807) is 12.3 Å². The zero-order valence-electron chi connectivity index (χ0n) is 14.1. The Labute approximate surface area is 148 Å². The minimum absolute atomic E-state index is 0.298. The Kier molecular flexibility index (Phi) is 3.99. The van der Waals surface area contributed by atoms with Crippen molar-refractivity contribution < 1.29 is 13.6 Å². The standard InChI is InChI=1S/C19H16F2N4O/c1-11-4-3-9-22-18(11)23-19(26)17-13-5-2-6-16(13)25(24-17)12-7-8-14(20)15(21)10-12/h3-4,7-10H,2,5-6H2,1H3,(H,22,23,26). The molecule has 4 rings (SSSR count). The molecular weight excluding hydrogens is 338 g/mol. The third-order valence-corrected chi connectivity index (χ3v) is 4.53. The lowest BCUT2D eigenvalue weighted by Crippen LogP contribution is -2.16. The van der Waals surface area contributed by atoms with E-state index in [0.717, 1.165) is 48.2 Å².